The maximum Gasteiger partial charge on any atom is 0.305 e. The Labute approximate surface area is 371 Å². The van der Waals surface area contributed by atoms with E-state index >= 15 is 0 Å². The number of esters is 1. The van der Waals surface area contributed by atoms with Crippen LogP contribution < -0.4 is 5.32 Å². The van der Waals surface area contributed by atoms with Gasteiger partial charge in [0.2, 0.25) is 5.91 Å². The molecule has 0 rings (SSSR count). The Kier molecular flexibility index (Phi) is 47.2. The van der Waals surface area contributed by atoms with Gasteiger partial charge in [-0.25, -0.2) is 0 Å². The predicted molar refractivity (Wildman–Crippen MR) is 259 cm³/mol. The Hall–Kier alpha value is -2.44. The third-order valence-electron chi connectivity index (χ3n) is 11.3. The first-order valence-electron chi connectivity index (χ1n) is 25.6. The fourth-order valence-corrected chi connectivity index (χ4v) is 7.29. The van der Waals surface area contributed by atoms with E-state index in [4.69, 9.17) is 4.74 Å². The van der Waals surface area contributed by atoms with Gasteiger partial charge in [-0.3, -0.25) is 9.59 Å². The summed E-state index contributed by atoms with van der Waals surface area (Å²) in [5.41, 5.74) is 0. The van der Waals surface area contributed by atoms with Crippen LogP contribution in [0.25, 0.3) is 0 Å². The summed E-state index contributed by atoms with van der Waals surface area (Å²) >= 11 is 0. The molecule has 0 spiro atoms. The number of amides is 1. The third-order valence-corrected chi connectivity index (χ3v) is 11.3. The molecule has 2 unspecified atom stereocenters. The van der Waals surface area contributed by atoms with Crippen LogP contribution in [0.1, 0.15) is 245 Å². The number of carbonyl (C=O) groups is 2. The summed E-state index contributed by atoms with van der Waals surface area (Å²) in [6.45, 7) is 4.78. The normalized spacial score (nSPS) is 13.2. The first-order valence-corrected chi connectivity index (χ1v) is 25.6. The van der Waals surface area contributed by atoms with Crippen LogP contribution in [0.4, 0.5) is 0 Å². The maximum atomic E-state index is 12.4. The van der Waals surface area contributed by atoms with Crippen LogP contribution in [-0.4, -0.2) is 47.4 Å². The molecule has 6 heteroatoms. The summed E-state index contributed by atoms with van der Waals surface area (Å²) in [5, 5.41) is 23.0. The Bertz CT molecular complexity index is 1060. The average molecular weight is 840 g/mol. The van der Waals surface area contributed by atoms with Gasteiger partial charge in [0.15, 0.2) is 0 Å². The second-order valence-electron chi connectivity index (χ2n) is 17.1. The van der Waals surface area contributed by atoms with E-state index in [-0.39, 0.29) is 18.5 Å². The molecule has 1 amide bonds. The van der Waals surface area contributed by atoms with Crippen LogP contribution in [-0.2, 0) is 14.3 Å². The lowest BCUT2D eigenvalue weighted by atomic mass is 10.0. The molecule has 60 heavy (non-hydrogen) atoms. The maximum absolute atomic E-state index is 12.4. The molecule has 0 bridgehead atoms. The molecular formula is C54H97NO5. The van der Waals surface area contributed by atoms with Crippen molar-refractivity contribution >= 4 is 11.9 Å². The molecule has 0 aromatic rings. The van der Waals surface area contributed by atoms with Gasteiger partial charge in [0.1, 0.15) is 0 Å². The number of carbonyl (C=O) groups excluding carboxylic acids is 2. The molecule has 0 aromatic carbocycles. The van der Waals surface area contributed by atoms with E-state index in [0.717, 1.165) is 64.2 Å². The molecule has 2 atom stereocenters. The van der Waals surface area contributed by atoms with E-state index in [9.17, 15) is 19.8 Å². The molecular weight excluding hydrogens is 743 g/mol. The van der Waals surface area contributed by atoms with Crippen molar-refractivity contribution in [2.45, 2.75) is 257 Å². The van der Waals surface area contributed by atoms with Crippen molar-refractivity contribution in [2.75, 3.05) is 13.2 Å². The zero-order valence-electron chi connectivity index (χ0n) is 39.4. The van der Waals surface area contributed by atoms with Crippen molar-refractivity contribution in [3.8, 4) is 0 Å². The van der Waals surface area contributed by atoms with Crippen molar-refractivity contribution in [2.24, 2.45) is 0 Å². The van der Waals surface area contributed by atoms with Crippen molar-refractivity contribution in [3.05, 3.63) is 60.8 Å². The second-order valence-corrected chi connectivity index (χ2v) is 17.1. The van der Waals surface area contributed by atoms with Crippen LogP contribution in [0, 0.1) is 0 Å². The lowest BCUT2D eigenvalue weighted by Gasteiger charge is -2.19. The lowest BCUT2D eigenvalue weighted by Crippen LogP contribution is -2.45. The largest absolute Gasteiger partial charge is 0.466 e. The zero-order valence-corrected chi connectivity index (χ0v) is 39.4. The molecule has 0 aliphatic carbocycles. The van der Waals surface area contributed by atoms with Gasteiger partial charge in [-0.15, -0.1) is 0 Å². The number of unbranched alkanes of at least 4 members (excludes halogenated alkanes) is 27. The highest BCUT2D eigenvalue weighted by atomic mass is 16.5. The van der Waals surface area contributed by atoms with Gasteiger partial charge in [0.05, 0.1) is 25.4 Å². The SMILES string of the molecule is CCCC/C=C\C/C=C\CCCCCCCC(=O)OCCCCCCCC/C=C\C/C=C\CCC(=O)NC(CO)C(O)/C=C/CCCCCCCCCCCCCCCC. The molecule has 0 saturated carbocycles. The fourth-order valence-electron chi connectivity index (χ4n) is 7.29. The van der Waals surface area contributed by atoms with Gasteiger partial charge in [0, 0.05) is 12.8 Å². The summed E-state index contributed by atoms with van der Waals surface area (Å²) in [7, 11) is 0. The average Bonchev–Trinajstić information content (AvgIpc) is 3.25. The van der Waals surface area contributed by atoms with Gasteiger partial charge >= 0.3 is 5.97 Å². The Morgan fingerprint density at radius 3 is 1.35 bits per heavy atom. The van der Waals surface area contributed by atoms with Crippen LogP contribution in [0.15, 0.2) is 60.8 Å². The van der Waals surface area contributed by atoms with E-state index in [1.54, 1.807) is 6.08 Å². The third kappa shape index (κ3) is 45.1. The number of hydrogen-bond donors (Lipinski definition) is 3. The van der Waals surface area contributed by atoms with Crippen LogP contribution >= 0.6 is 0 Å². The Morgan fingerprint density at radius 2 is 0.867 bits per heavy atom. The summed E-state index contributed by atoms with van der Waals surface area (Å²) in [5.74, 6) is -0.185. The summed E-state index contributed by atoms with van der Waals surface area (Å²) in [4.78, 5) is 24.4. The highest BCUT2D eigenvalue weighted by Gasteiger charge is 2.17. The van der Waals surface area contributed by atoms with Crippen molar-refractivity contribution in [3.63, 3.8) is 0 Å². The van der Waals surface area contributed by atoms with Gasteiger partial charge in [-0.1, -0.05) is 216 Å². The number of rotatable bonds is 46. The minimum Gasteiger partial charge on any atom is -0.466 e. The highest BCUT2D eigenvalue weighted by Crippen LogP contribution is 2.14. The Morgan fingerprint density at radius 1 is 0.467 bits per heavy atom. The first kappa shape index (κ1) is 57.6. The topological polar surface area (TPSA) is 95.9 Å². The zero-order chi connectivity index (χ0) is 43.7. The standard InChI is InChI=1S/C54H97NO5/c1-3-5-7-9-11-13-15-17-19-20-22-26-30-34-38-42-46-52(57)51(50-56)55-53(58)47-43-39-35-31-27-23-21-25-29-33-37-41-45-49-60-54(59)48-44-40-36-32-28-24-18-16-14-12-10-8-6-4-2/h10,12,16,18,23,27,35,39,42,46,51-52,56-57H,3-9,11,13-15,17,19-22,24-26,28-34,36-38,40-41,43-45,47-50H2,1-2H3,(H,55,58)/b12-10-,18-16-,27-23-,39-35-,46-42+. The molecule has 0 aliphatic heterocycles. The van der Waals surface area contributed by atoms with Crippen LogP contribution in [0.5, 0.6) is 0 Å². The Balaban J connectivity index is 3.62. The van der Waals surface area contributed by atoms with E-state index < -0.39 is 12.1 Å². The molecule has 348 valence electrons. The first-order chi connectivity index (χ1) is 29.5. The number of nitrogens with one attached hydrogen (secondary N) is 1. The van der Waals surface area contributed by atoms with Crippen molar-refractivity contribution < 1.29 is 24.5 Å². The predicted octanol–water partition coefficient (Wildman–Crippen LogP) is 15.2. The number of aliphatic hydroxyl groups excluding tert-OH is 2. The molecule has 0 heterocycles. The molecule has 0 radical (unpaired) electrons. The van der Waals surface area contributed by atoms with Gasteiger partial charge in [0.25, 0.3) is 0 Å². The van der Waals surface area contributed by atoms with E-state index in [1.807, 2.05) is 12.2 Å². The second kappa shape index (κ2) is 49.2. The summed E-state index contributed by atoms with van der Waals surface area (Å²) in [6, 6.07) is -0.673. The number of aliphatic hydroxyl groups is 2. The van der Waals surface area contributed by atoms with Crippen molar-refractivity contribution in [1.29, 1.82) is 0 Å². The molecule has 0 saturated heterocycles. The molecule has 3 N–H and O–H groups in total. The van der Waals surface area contributed by atoms with Crippen molar-refractivity contribution in [1.82, 2.24) is 5.32 Å². The quantitative estimate of drug-likeness (QED) is 0.0322. The lowest BCUT2D eigenvalue weighted by molar-refractivity contribution is -0.143. The van der Waals surface area contributed by atoms with E-state index in [2.05, 4.69) is 61.7 Å². The smallest absolute Gasteiger partial charge is 0.305 e. The number of hydrogen-bond acceptors (Lipinski definition) is 5. The van der Waals surface area contributed by atoms with E-state index in [1.165, 1.54) is 148 Å². The van der Waals surface area contributed by atoms with E-state index in [0.29, 0.717) is 25.9 Å². The summed E-state index contributed by atoms with van der Waals surface area (Å²) in [6.07, 6.45) is 62.3. The van der Waals surface area contributed by atoms with Crippen LogP contribution in [0.2, 0.25) is 0 Å². The summed E-state index contributed by atoms with van der Waals surface area (Å²) < 4.78 is 5.44. The highest BCUT2D eigenvalue weighted by molar-refractivity contribution is 5.76. The van der Waals surface area contributed by atoms with Gasteiger partial charge in [-0.05, 0) is 77.0 Å². The van der Waals surface area contributed by atoms with Gasteiger partial charge in [-0.2, -0.15) is 0 Å². The minimum absolute atomic E-state index is 0.0342. The molecule has 0 aliphatic rings. The molecule has 0 fully saturated rings. The number of ether oxygens (including phenoxy) is 1. The molecule has 0 aromatic heterocycles. The minimum atomic E-state index is -0.881. The van der Waals surface area contributed by atoms with Gasteiger partial charge < -0.3 is 20.3 Å². The monoisotopic (exact) mass is 840 g/mol. The van der Waals surface area contributed by atoms with Crippen LogP contribution in [0.3, 0.4) is 0 Å². The fraction of sp³-hybridized carbons (Fsp3) is 0.778. The number of allylic oxidation sites excluding steroid dienone is 9. The molecule has 6 nitrogen and oxygen atoms in total.